The fraction of sp³-hybridized carbons (Fsp3) is 0. The van der Waals surface area contributed by atoms with Crippen molar-refractivity contribution < 1.29 is 15.0 Å². The highest BCUT2D eigenvalue weighted by atomic mass is 16.3. The summed E-state index contributed by atoms with van der Waals surface area (Å²) in [4.78, 5) is 13.9. The third kappa shape index (κ3) is 3.84. The van der Waals surface area contributed by atoms with Gasteiger partial charge in [-0.3, -0.25) is 4.79 Å². The summed E-state index contributed by atoms with van der Waals surface area (Å²) in [7, 11) is 0. The van der Waals surface area contributed by atoms with E-state index in [1.165, 1.54) is 0 Å². The zero-order valence-corrected chi connectivity index (χ0v) is 18.3. The number of phenolic OH excluding ortho intramolecular Hbond substituents is 2. The Morgan fingerprint density at radius 1 is 0.529 bits per heavy atom. The van der Waals surface area contributed by atoms with Crippen LogP contribution in [0.3, 0.4) is 0 Å². The summed E-state index contributed by atoms with van der Waals surface area (Å²) in [5.74, 6) is -0.0952. The van der Waals surface area contributed by atoms with E-state index in [9.17, 15) is 15.0 Å². The number of phenols is 2. The molecule has 0 bridgehead atoms. The number of hydrogen-bond donors (Lipinski definition) is 2. The lowest BCUT2D eigenvalue weighted by Gasteiger charge is -2.21. The molecule has 5 aromatic rings. The number of ketones is 1. The van der Waals surface area contributed by atoms with Crippen molar-refractivity contribution in [3.63, 3.8) is 0 Å². The molecule has 0 unspecified atom stereocenters. The molecule has 0 aliphatic carbocycles. The van der Waals surface area contributed by atoms with Gasteiger partial charge in [0.15, 0.2) is 5.78 Å². The Morgan fingerprint density at radius 2 is 1.06 bits per heavy atom. The highest BCUT2D eigenvalue weighted by Gasteiger charge is 2.26. The molecule has 0 fully saturated rings. The largest absolute Gasteiger partial charge is 0.507 e. The average molecular weight is 443 g/mol. The van der Waals surface area contributed by atoms with E-state index in [1.807, 2.05) is 84.9 Å². The quantitative estimate of drug-likeness (QED) is 0.280. The molecule has 3 nitrogen and oxygen atoms in total. The lowest BCUT2D eigenvalue weighted by atomic mass is 9.83. The summed E-state index contributed by atoms with van der Waals surface area (Å²) < 4.78 is 0. The van der Waals surface area contributed by atoms with E-state index in [2.05, 4.69) is 0 Å². The van der Waals surface area contributed by atoms with Crippen LogP contribution >= 0.6 is 0 Å². The first-order chi connectivity index (χ1) is 16.6. The Balaban J connectivity index is 1.92. The molecule has 5 aromatic carbocycles. The monoisotopic (exact) mass is 442 g/mol. The molecular weight excluding hydrogens is 420 g/mol. The zero-order chi connectivity index (χ0) is 23.5. The van der Waals surface area contributed by atoms with Gasteiger partial charge in [-0.05, 0) is 23.3 Å². The van der Waals surface area contributed by atoms with Crippen LogP contribution in [-0.4, -0.2) is 16.0 Å². The zero-order valence-electron chi connectivity index (χ0n) is 18.3. The van der Waals surface area contributed by atoms with Crippen molar-refractivity contribution in [2.45, 2.75) is 0 Å². The van der Waals surface area contributed by atoms with Crippen molar-refractivity contribution in [2.75, 3.05) is 0 Å². The Bertz CT molecular complexity index is 1460. The van der Waals surface area contributed by atoms with Crippen molar-refractivity contribution in [3.05, 3.63) is 132 Å². The minimum absolute atomic E-state index is 0.0358. The summed E-state index contributed by atoms with van der Waals surface area (Å²) >= 11 is 0. The number of para-hydroxylation sites is 1. The van der Waals surface area contributed by atoms with E-state index in [-0.39, 0.29) is 17.3 Å². The number of carbonyl (C=O) groups excluding carboxylic acids is 1. The second-order valence-corrected chi connectivity index (χ2v) is 8.01. The van der Waals surface area contributed by atoms with Crippen LogP contribution in [0.15, 0.2) is 121 Å². The molecule has 0 saturated heterocycles. The fourth-order valence-corrected chi connectivity index (χ4v) is 4.29. The Hall–Kier alpha value is -4.63. The van der Waals surface area contributed by atoms with Gasteiger partial charge in [0.1, 0.15) is 11.5 Å². The van der Waals surface area contributed by atoms with E-state index < -0.39 is 0 Å². The van der Waals surface area contributed by atoms with Crippen molar-refractivity contribution in [3.8, 4) is 44.9 Å². The lowest BCUT2D eigenvalue weighted by molar-refractivity contribution is 0.103. The van der Waals surface area contributed by atoms with Gasteiger partial charge in [0.2, 0.25) is 0 Å². The standard InChI is InChI=1S/C31H22O3/c32-27-19-11-10-18-24(27)29-26(30(33)23-16-8-3-9-17-23)20-25(21-12-4-1-5-13-21)31(34)28(29)22-14-6-2-7-15-22/h1-20,32,34H. The molecule has 34 heavy (non-hydrogen) atoms. The van der Waals surface area contributed by atoms with Gasteiger partial charge in [-0.25, -0.2) is 0 Å². The summed E-state index contributed by atoms with van der Waals surface area (Å²) in [5.41, 5.74) is 4.51. The van der Waals surface area contributed by atoms with Crippen LogP contribution in [0.2, 0.25) is 0 Å². The summed E-state index contributed by atoms with van der Waals surface area (Å²) in [5, 5.41) is 22.4. The average Bonchev–Trinajstić information content (AvgIpc) is 2.90. The Kier molecular flexibility index (Phi) is 5.67. The van der Waals surface area contributed by atoms with Gasteiger partial charge in [0.25, 0.3) is 0 Å². The van der Waals surface area contributed by atoms with Gasteiger partial charge in [0, 0.05) is 33.4 Å². The van der Waals surface area contributed by atoms with Crippen LogP contribution in [0.1, 0.15) is 15.9 Å². The molecule has 0 atom stereocenters. The van der Waals surface area contributed by atoms with E-state index in [4.69, 9.17) is 0 Å². The van der Waals surface area contributed by atoms with Crippen LogP contribution in [-0.2, 0) is 0 Å². The van der Waals surface area contributed by atoms with Crippen LogP contribution in [0.25, 0.3) is 33.4 Å². The number of hydrogen-bond acceptors (Lipinski definition) is 3. The van der Waals surface area contributed by atoms with Crippen molar-refractivity contribution in [1.29, 1.82) is 0 Å². The van der Waals surface area contributed by atoms with E-state index in [1.54, 1.807) is 36.4 Å². The van der Waals surface area contributed by atoms with Crippen molar-refractivity contribution >= 4 is 5.78 Å². The van der Waals surface area contributed by atoms with Crippen molar-refractivity contribution in [2.24, 2.45) is 0 Å². The predicted octanol–water partition coefficient (Wildman–Crippen LogP) is 7.33. The molecule has 0 amide bonds. The van der Waals surface area contributed by atoms with E-state index in [0.29, 0.717) is 33.4 Å². The second-order valence-electron chi connectivity index (χ2n) is 8.01. The third-order valence-corrected chi connectivity index (χ3v) is 5.90. The molecule has 0 aliphatic rings. The first-order valence-corrected chi connectivity index (χ1v) is 11.0. The molecule has 0 saturated carbocycles. The highest BCUT2D eigenvalue weighted by molar-refractivity contribution is 6.17. The van der Waals surface area contributed by atoms with Crippen LogP contribution in [0.4, 0.5) is 0 Å². The minimum atomic E-state index is -0.187. The van der Waals surface area contributed by atoms with E-state index >= 15 is 0 Å². The number of aromatic hydroxyl groups is 2. The normalized spacial score (nSPS) is 10.7. The third-order valence-electron chi connectivity index (χ3n) is 5.90. The maximum Gasteiger partial charge on any atom is 0.193 e. The molecule has 0 aliphatic heterocycles. The highest BCUT2D eigenvalue weighted by Crippen LogP contribution is 2.48. The van der Waals surface area contributed by atoms with Gasteiger partial charge < -0.3 is 10.2 Å². The number of rotatable bonds is 5. The lowest BCUT2D eigenvalue weighted by Crippen LogP contribution is -2.06. The SMILES string of the molecule is O=C(c1ccccc1)c1cc(-c2ccccc2)c(O)c(-c2ccccc2)c1-c1ccccc1O. The van der Waals surface area contributed by atoms with Crippen LogP contribution < -0.4 is 0 Å². The molecule has 3 heteroatoms. The predicted molar refractivity (Wildman–Crippen MR) is 136 cm³/mol. The van der Waals surface area contributed by atoms with Gasteiger partial charge in [0.05, 0.1) is 0 Å². The first-order valence-electron chi connectivity index (χ1n) is 11.0. The molecular formula is C31H22O3. The van der Waals surface area contributed by atoms with Crippen molar-refractivity contribution in [1.82, 2.24) is 0 Å². The maximum absolute atomic E-state index is 13.9. The molecule has 5 rings (SSSR count). The van der Waals surface area contributed by atoms with Crippen LogP contribution in [0, 0.1) is 0 Å². The smallest absolute Gasteiger partial charge is 0.193 e. The first kappa shape index (κ1) is 21.2. The summed E-state index contributed by atoms with van der Waals surface area (Å²) in [6.07, 6.45) is 0. The molecule has 0 heterocycles. The molecule has 0 radical (unpaired) electrons. The minimum Gasteiger partial charge on any atom is -0.507 e. The molecule has 0 spiro atoms. The molecule has 2 N–H and O–H groups in total. The van der Waals surface area contributed by atoms with Crippen LogP contribution in [0.5, 0.6) is 11.5 Å². The fourth-order valence-electron chi connectivity index (χ4n) is 4.29. The van der Waals surface area contributed by atoms with Gasteiger partial charge in [-0.2, -0.15) is 0 Å². The maximum atomic E-state index is 13.9. The molecule has 0 aromatic heterocycles. The molecule has 164 valence electrons. The summed E-state index contributed by atoms with van der Waals surface area (Å²) in [6, 6.07) is 36.6. The van der Waals surface area contributed by atoms with Gasteiger partial charge >= 0.3 is 0 Å². The number of benzene rings is 5. The number of carbonyl (C=O) groups is 1. The van der Waals surface area contributed by atoms with Gasteiger partial charge in [-0.1, -0.05) is 109 Å². The van der Waals surface area contributed by atoms with Gasteiger partial charge in [-0.15, -0.1) is 0 Å². The second kappa shape index (κ2) is 9.08. The Labute approximate surface area is 198 Å². The topological polar surface area (TPSA) is 57.5 Å². The van der Waals surface area contributed by atoms with E-state index in [0.717, 1.165) is 11.1 Å². The Morgan fingerprint density at radius 3 is 1.68 bits per heavy atom. The summed E-state index contributed by atoms with van der Waals surface area (Å²) in [6.45, 7) is 0.